The molecule has 2 atom stereocenters. The highest BCUT2D eigenvalue weighted by Crippen LogP contribution is 2.46. The fraction of sp³-hybridized carbons (Fsp3) is 0.300. The molecule has 33 heavy (non-hydrogen) atoms. The van der Waals surface area contributed by atoms with E-state index in [-0.39, 0.29) is 40.2 Å². The number of aromatic nitrogens is 5. The molecule has 0 saturated heterocycles. The van der Waals surface area contributed by atoms with Gasteiger partial charge in [-0.3, -0.25) is 14.9 Å². The van der Waals surface area contributed by atoms with Gasteiger partial charge in [-0.05, 0) is 6.42 Å². The van der Waals surface area contributed by atoms with Crippen molar-refractivity contribution in [2.75, 3.05) is 24.3 Å². The summed E-state index contributed by atoms with van der Waals surface area (Å²) < 4.78 is 71.8. The molecule has 1 aromatic carbocycles. The maximum atomic E-state index is 15.2. The summed E-state index contributed by atoms with van der Waals surface area (Å²) in [5, 5.41) is 8.88. The van der Waals surface area contributed by atoms with Gasteiger partial charge in [-0.15, -0.1) is 0 Å². The quantitative estimate of drug-likeness (QED) is 0.448. The van der Waals surface area contributed by atoms with Crippen LogP contribution in [0.15, 0.2) is 24.8 Å². The molecule has 0 aliphatic heterocycles. The topological polar surface area (TPSA) is 91.2 Å². The van der Waals surface area contributed by atoms with Gasteiger partial charge in [0.15, 0.2) is 17.3 Å². The summed E-state index contributed by atoms with van der Waals surface area (Å²) in [6.45, 7) is 0. The Balaban J connectivity index is 1.67. The summed E-state index contributed by atoms with van der Waals surface area (Å²) in [7, 11) is 2.85. The van der Waals surface area contributed by atoms with E-state index in [9.17, 15) is 22.4 Å². The molecule has 1 aliphatic carbocycles. The second kappa shape index (κ2) is 7.12. The number of carbonyl (C=O) groups excluding carboxylic acids is 1. The molecule has 0 radical (unpaired) electrons. The summed E-state index contributed by atoms with van der Waals surface area (Å²) in [6, 6.07) is 0. The molecule has 5 rings (SSSR count). The second-order valence-corrected chi connectivity index (χ2v) is 7.98. The van der Waals surface area contributed by atoms with Crippen LogP contribution in [0.5, 0.6) is 0 Å². The number of hydrogen-bond donors (Lipinski definition) is 2. The molecule has 13 heteroatoms. The van der Waals surface area contributed by atoms with Gasteiger partial charge in [0.25, 0.3) is 0 Å². The number of rotatable bonds is 4. The van der Waals surface area contributed by atoms with Crippen LogP contribution < -0.4 is 10.2 Å². The van der Waals surface area contributed by atoms with Crippen LogP contribution in [0.2, 0.25) is 0 Å². The Kier molecular flexibility index (Phi) is 4.55. The highest BCUT2D eigenvalue weighted by Gasteiger charge is 2.44. The third kappa shape index (κ3) is 3.43. The fourth-order valence-electron chi connectivity index (χ4n) is 3.82. The zero-order valence-corrected chi connectivity index (χ0v) is 17.2. The molecule has 0 unspecified atom stereocenters. The number of H-pyrrole nitrogens is 1. The lowest BCUT2D eigenvalue weighted by Crippen LogP contribution is -2.18. The van der Waals surface area contributed by atoms with Gasteiger partial charge >= 0.3 is 6.18 Å². The van der Waals surface area contributed by atoms with Crippen molar-refractivity contribution in [3.05, 3.63) is 36.2 Å². The van der Waals surface area contributed by atoms with E-state index in [4.69, 9.17) is 0 Å². The van der Waals surface area contributed by atoms with Gasteiger partial charge in [-0.1, -0.05) is 0 Å². The van der Waals surface area contributed by atoms with Gasteiger partial charge in [-0.2, -0.15) is 18.3 Å². The predicted octanol–water partition coefficient (Wildman–Crippen LogP) is 3.79. The maximum absolute atomic E-state index is 15.2. The first-order valence-corrected chi connectivity index (χ1v) is 9.79. The van der Waals surface area contributed by atoms with Crippen molar-refractivity contribution in [1.82, 2.24) is 24.6 Å². The molecule has 1 saturated carbocycles. The lowest BCUT2D eigenvalue weighted by atomic mass is 9.97. The zero-order chi connectivity index (χ0) is 23.7. The van der Waals surface area contributed by atoms with E-state index < -0.39 is 41.1 Å². The van der Waals surface area contributed by atoms with Gasteiger partial charge < -0.3 is 14.6 Å². The van der Waals surface area contributed by atoms with E-state index >= 15 is 4.39 Å². The van der Waals surface area contributed by atoms with E-state index in [1.165, 1.54) is 48.2 Å². The van der Waals surface area contributed by atoms with Gasteiger partial charge in [0.1, 0.15) is 11.7 Å². The van der Waals surface area contributed by atoms with Crippen molar-refractivity contribution in [2.45, 2.75) is 18.8 Å². The highest BCUT2D eigenvalue weighted by atomic mass is 19.4. The Morgan fingerprint density at radius 3 is 2.64 bits per heavy atom. The maximum Gasteiger partial charge on any atom is 0.419 e. The van der Waals surface area contributed by atoms with Crippen LogP contribution in [-0.2, 0) is 11.0 Å². The number of fused-ring (bicyclic) bond motifs is 2. The molecule has 172 valence electrons. The monoisotopic (exact) mass is 465 g/mol. The minimum Gasteiger partial charge on any atom is -0.374 e. The molecule has 3 aromatic heterocycles. The molecule has 3 heterocycles. The number of anilines is 2. The SMILES string of the molecule is CN(C)c1c(F)c(C(F)(F)F)c(-c2cn3cc(NC(=O)[C@H]4C[C@H]4F)nc3cn2)c2cn[nH]c12. The molecule has 1 aliphatic rings. The Labute approximate surface area is 182 Å². The number of amides is 1. The largest absolute Gasteiger partial charge is 0.419 e. The van der Waals surface area contributed by atoms with Crippen LogP contribution in [0.3, 0.4) is 0 Å². The standard InChI is InChI=1S/C20H16F5N7O/c1-31(2)18-16(22)15(20(23,24)25)14(9-4-27-30-17(9)18)11-6-32-7-12(28-13(32)5-26-11)29-19(33)8-3-10(8)21/h4-8,10H,3H2,1-2H3,(H,27,30)(H,29,33)/t8-,10+/m0/s1. The summed E-state index contributed by atoms with van der Waals surface area (Å²) in [5.41, 5.74) is -2.09. The van der Waals surface area contributed by atoms with Crippen molar-refractivity contribution in [3.8, 4) is 11.3 Å². The lowest BCUT2D eigenvalue weighted by molar-refractivity contribution is -0.139. The number of halogens is 5. The number of hydrogen-bond acceptors (Lipinski definition) is 5. The molecule has 0 spiro atoms. The van der Waals surface area contributed by atoms with Crippen LogP contribution >= 0.6 is 0 Å². The van der Waals surface area contributed by atoms with E-state index in [1.807, 2.05) is 0 Å². The van der Waals surface area contributed by atoms with Crippen molar-refractivity contribution in [2.24, 2.45) is 5.92 Å². The first kappa shape index (κ1) is 21.1. The summed E-state index contributed by atoms with van der Waals surface area (Å²) >= 11 is 0. The second-order valence-electron chi connectivity index (χ2n) is 7.98. The van der Waals surface area contributed by atoms with Crippen molar-refractivity contribution >= 4 is 34.0 Å². The van der Waals surface area contributed by atoms with Crippen LogP contribution in [-0.4, -0.2) is 50.7 Å². The van der Waals surface area contributed by atoms with E-state index in [1.54, 1.807) is 0 Å². The van der Waals surface area contributed by atoms with E-state index in [0.717, 1.165) is 0 Å². The number of alkyl halides is 4. The molecule has 4 aromatic rings. The third-order valence-corrected chi connectivity index (χ3v) is 5.45. The average Bonchev–Trinajstić information content (AvgIpc) is 3.10. The van der Waals surface area contributed by atoms with Crippen LogP contribution in [0.1, 0.15) is 12.0 Å². The van der Waals surface area contributed by atoms with Crippen LogP contribution in [0.4, 0.5) is 33.5 Å². The molecule has 2 N–H and O–H groups in total. The van der Waals surface area contributed by atoms with Crippen molar-refractivity contribution < 1.29 is 26.7 Å². The highest BCUT2D eigenvalue weighted by molar-refractivity contribution is 6.02. The van der Waals surface area contributed by atoms with Crippen molar-refractivity contribution in [1.29, 1.82) is 0 Å². The predicted molar refractivity (Wildman–Crippen MR) is 109 cm³/mol. The minimum absolute atomic E-state index is 0.0376. The lowest BCUT2D eigenvalue weighted by Gasteiger charge is -2.21. The normalized spacial score (nSPS) is 18.2. The minimum atomic E-state index is -5.02. The number of nitrogens with one attached hydrogen (secondary N) is 2. The van der Waals surface area contributed by atoms with Crippen LogP contribution in [0.25, 0.3) is 27.8 Å². The number of aromatic amines is 1. The Bertz CT molecular complexity index is 1410. The Morgan fingerprint density at radius 2 is 2.00 bits per heavy atom. The molecule has 8 nitrogen and oxygen atoms in total. The van der Waals surface area contributed by atoms with E-state index in [0.29, 0.717) is 0 Å². The van der Waals surface area contributed by atoms with Gasteiger partial charge in [0.05, 0.1) is 41.4 Å². The van der Waals surface area contributed by atoms with E-state index in [2.05, 4.69) is 25.5 Å². The zero-order valence-electron chi connectivity index (χ0n) is 17.2. The number of carbonyl (C=O) groups is 1. The number of benzene rings is 1. The molecule has 1 amide bonds. The number of imidazole rings is 1. The van der Waals surface area contributed by atoms with Crippen molar-refractivity contribution in [3.63, 3.8) is 0 Å². The fourth-order valence-corrected chi connectivity index (χ4v) is 3.82. The number of nitrogens with zero attached hydrogens (tertiary/aromatic N) is 5. The first-order valence-electron chi connectivity index (χ1n) is 9.79. The first-order chi connectivity index (χ1) is 15.6. The Morgan fingerprint density at radius 1 is 1.27 bits per heavy atom. The summed E-state index contributed by atoms with van der Waals surface area (Å²) in [4.78, 5) is 21.4. The van der Waals surface area contributed by atoms with Gasteiger partial charge in [-0.25, -0.2) is 13.8 Å². The smallest absolute Gasteiger partial charge is 0.374 e. The summed E-state index contributed by atoms with van der Waals surface area (Å²) in [6.07, 6.45) is -1.08. The van der Waals surface area contributed by atoms with Crippen LogP contribution in [0, 0.1) is 11.7 Å². The molecule has 1 fully saturated rings. The van der Waals surface area contributed by atoms with Gasteiger partial charge in [0.2, 0.25) is 5.91 Å². The van der Waals surface area contributed by atoms with Gasteiger partial charge in [0, 0.05) is 31.2 Å². The molecule has 0 bridgehead atoms. The molecular formula is C20H16F5N7O. The summed E-state index contributed by atoms with van der Waals surface area (Å²) in [5.74, 6) is -2.62. The average molecular weight is 465 g/mol. The Hall–Kier alpha value is -3.77. The third-order valence-electron chi connectivity index (χ3n) is 5.45. The molecular weight excluding hydrogens is 449 g/mol.